The monoisotopic (exact) mass is 609 g/mol. The summed E-state index contributed by atoms with van der Waals surface area (Å²) >= 11 is 0. The molecule has 0 radical (unpaired) electrons. The Hall–Kier alpha value is -4.45. The molecule has 11 heteroatoms. The summed E-state index contributed by atoms with van der Waals surface area (Å²) in [7, 11) is -3.41. The van der Waals surface area contributed by atoms with Gasteiger partial charge in [0.2, 0.25) is 10.0 Å². The molecule has 224 valence electrons. The van der Waals surface area contributed by atoms with Crippen LogP contribution in [0.4, 0.5) is 4.39 Å². The fraction of sp³-hybridized carbons (Fsp3) is 0.242. The van der Waals surface area contributed by atoms with Crippen molar-refractivity contribution in [2.45, 2.75) is 32.4 Å². The number of rotatable bonds is 8. The van der Waals surface area contributed by atoms with Crippen molar-refractivity contribution in [3.05, 3.63) is 90.1 Å². The van der Waals surface area contributed by atoms with Crippen LogP contribution in [-0.2, 0) is 23.1 Å². The largest absolute Gasteiger partial charge is 0.353 e. The number of H-pyrrole nitrogens is 2. The lowest BCUT2D eigenvalue weighted by Crippen LogP contribution is -2.29. The van der Waals surface area contributed by atoms with E-state index < -0.39 is 15.8 Å². The van der Waals surface area contributed by atoms with E-state index in [1.807, 2.05) is 42.9 Å². The maximum Gasteiger partial charge on any atom is 0.209 e. The van der Waals surface area contributed by atoms with Crippen molar-refractivity contribution in [2.75, 3.05) is 19.3 Å². The smallest absolute Gasteiger partial charge is 0.209 e. The van der Waals surface area contributed by atoms with Gasteiger partial charge in [-0.15, -0.1) is 0 Å². The average Bonchev–Trinajstić information content (AvgIpc) is 3.64. The minimum Gasteiger partial charge on any atom is -0.353 e. The van der Waals surface area contributed by atoms with Crippen LogP contribution < -0.4 is 4.72 Å². The Morgan fingerprint density at radius 3 is 2.57 bits per heavy atom. The van der Waals surface area contributed by atoms with E-state index in [0.717, 1.165) is 70.3 Å². The molecule has 0 amide bonds. The van der Waals surface area contributed by atoms with Gasteiger partial charge >= 0.3 is 0 Å². The quantitative estimate of drug-likeness (QED) is 0.195. The van der Waals surface area contributed by atoms with Gasteiger partial charge in [-0.05, 0) is 90.6 Å². The number of nitrogens with zero attached hydrogens (tertiary/aromatic N) is 4. The van der Waals surface area contributed by atoms with Gasteiger partial charge in [-0.3, -0.25) is 15.0 Å². The van der Waals surface area contributed by atoms with E-state index in [1.54, 1.807) is 6.07 Å². The first-order valence-corrected chi connectivity index (χ1v) is 16.6. The number of sulfonamides is 1. The van der Waals surface area contributed by atoms with Gasteiger partial charge in [0, 0.05) is 59.1 Å². The van der Waals surface area contributed by atoms with Crippen LogP contribution in [0.25, 0.3) is 55.6 Å². The molecule has 9 nitrogen and oxygen atoms in total. The van der Waals surface area contributed by atoms with E-state index in [9.17, 15) is 12.8 Å². The van der Waals surface area contributed by atoms with Crippen molar-refractivity contribution >= 4 is 32.0 Å². The van der Waals surface area contributed by atoms with Gasteiger partial charge in [-0.2, -0.15) is 5.10 Å². The zero-order valence-corrected chi connectivity index (χ0v) is 25.1. The number of hydrogen-bond acceptors (Lipinski definition) is 6. The third-order valence-corrected chi connectivity index (χ3v) is 8.79. The van der Waals surface area contributed by atoms with Crippen molar-refractivity contribution in [1.82, 2.24) is 34.8 Å². The number of hydrogen-bond donors (Lipinski definition) is 3. The van der Waals surface area contributed by atoms with Crippen LogP contribution in [0.3, 0.4) is 0 Å². The molecule has 0 unspecified atom stereocenters. The predicted molar refractivity (Wildman–Crippen MR) is 171 cm³/mol. The molecule has 0 aliphatic carbocycles. The minimum absolute atomic E-state index is 0.00321. The molecule has 1 saturated heterocycles. The fourth-order valence-corrected chi connectivity index (χ4v) is 6.46. The summed E-state index contributed by atoms with van der Waals surface area (Å²) < 4.78 is 40.3. The Labute approximate surface area is 254 Å². The normalized spacial score (nSPS) is 14.5. The second-order valence-electron chi connectivity index (χ2n) is 11.5. The van der Waals surface area contributed by atoms with Crippen molar-refractivity contribution < 1.29 is 12.8 Å². The lowest BCUT2D eigenvalue weighted by atomic mass is 9.99. The van der Waals surface area contributed by atoms with E-state index in [0.29, 0.717) is 16.8 Å². The van der Waals surface area contributed by atoms with E-state index in [1.165, 1.54) is 37.0 Å². The Kier molecular flexibility index (Phi) is 7.45. The molecule has 0 atom stereocenters. The van der Waals surface area contributed by atoms with Crippen molar-refractivity contribution in [2.24, 2.45) is 0 Å². The van der Waals surface area contributed by atoms with Crippen LogP contribution in [0.15, 0.2) is 73.2 Å². The number of likely N-dealkylation sites (tertiary alicyclic amines) is 1. The highest BCUT2D eigenvalue weighted by Crippen LogP contribution is 2.35. The number of piperidine rings is 1. The van der Waals surface area contributed by atoms with Crippen LogP contribution in [-0.4, -0.2) is 57.8 Å². The highest BCUT2D eigenvalue weighted by molar-refractivity contribution is 7.88. The molecule has 3 N–H and O–H groups in total. The second kappa shape index (κ2) is 11.6. The fourth-order valence-electron chi connectivity index (χ4n) is 6.03. The molecule has 0 bridgehead atoms. The Morgan fingerprint density at radius 2 is 1.73 bits per heavy atom. The van der Waals surface area contributed by atoms with Crippen LogP contribution >= 0.6 is 0 Å². The molecule has 4 aromatic heterocycles. The second-order valence-corrected chi connectivity index (χ2v) is 13.3. The lowest BCUT2D eigenvalue weighted by Gasteiger charge is -2.26. The van der Waals surface area contributed by atoms with Crippen molar-refractivity contribution in [1.29, 1.82) is 0 Å². The third kappa shape index (κ3) is 5.99. The summed E-state index contributed by atoms with van der Waals surface area (Å²) in [5.74, 6) is -0.438. The number of pyridine rings is 2. The van der Waals surface area contributed by atoms with Crippen molar-refractivity contribution in [3.8, 4) is 33.6 Å². The topological polar surface area (TPSA) is 120 Å². The van der Waals surface area contributed by atoms with E-state index >= 15 is 0 Å². The average molecular weight is 610 g/mol. The molecule has 44 heavy (non-hydrogen) atoms. The van der Waals surface area contributed by atoms with Crippen molar-refractivity contribution in [3.63, 3.8) is 0 Å². The summed E-state index contributed by atoms with van der Waals surface area (Å²) in [4.78, 5) is 15.2. The number of fused-ring (bicyclic) bond motifs is 2. The van der Waals surface area contributed by atoms with Gasteiger partial charge in [0.05, 0.1) is 11.9 Å². The summed E-state index contributed by atoms with van der Waals surface area (Å²) in [6.07, 6.45) is 10.5. The Morgan fingerprint density at radius 1 is 0.909 bits per heavy atom. The molecule has 7 rings (SSSR count). The van der Waals surface area contributed by atoms with Gasteiger partial charge in [-0.1, -0.05) is 18.6 Å². The van der Waals surface area contributed by atoms with Crippen LogP contribution in [0, 0.1) is 5.82 Å². The van der Waals surface area contributed by atoms with Crippen LogP contribution in [0.2, 0.25) is 0 Å². The molecular weight excluding hydrogens is 577 g/mol. The van der Waals surface area contributed by atoms with Gasteiger partial charge in [0.25, 0.3) is 0 Å². The van der Waals surface area contributed by atoms with Crippen LogP contribution in [0.1, 0.15) is 30.4 Å². The van der Waals surface area contributed by atoms with Gasteiger partial charge in [0.15, 0.2) is 5.65 Å². The maximum atomic E-state index is 14.6. The van der Waals surface area contributed by atoms with Gasteiger partial charge < -0.3 is 4.98 Å². The van der Waals surface area contributed by atoms with E-state index in [2.05, 4.69) is 46.9 Å². The molecule has 1 aliphatic rings. The maximum absolute atomic E-state index is 14.6. The molecule has 1 fully saturated rings. The zero-order chi connectivity index (χ0) is 30.3. The summed E-state index contributed by atoms with van der Waals surface area (Å²) in [6, 6.07) is 16.7. The number of nitrogens with one attached hydrogen (secondary N) is 3. The van der Waals surface area contributed by atoms with E-state index in [4.69, 9.17) is 0 Å². The third-order valence-electron chi connectivity index (χ3n) is 8.13. The van der Waals surface area contributed by atoms with E-state index in [-0.39, 0.29) is 6.54 Å². The molecule has 5 heterocycles. The lowest BCUT2D eigenvalue weighted by molar-refractivity contribution is 0.220. The first-order valence-electron chi connectivity index (χ1n) is 14.7. The van der Waals surface area contributed by atoms with Gasteiger partial charge in [0.1, 0.15) is 11.5 Å². The first-order chi connectivity index (χ1) is 21.3. The highest BCUT2D eigenvalue weighted by atomic mass is 32.2. The first kappa shape index (κ1) is 28.3. The number of benzene rings is 2. The molecule has 0 saturated carbocycles. The standard InChI is InChI=1S/C33H32FN7O2S/c1-44(42,43)37-17-21-10-23(13-26(34)12-21)27-6-5-7-30-28(27)15-31(38-30)32-29-14-25(19-36-33(29)40-39-32)24-11-22(16-35-18-24)20-41-8-3-2-4-9-41/h5-7,10-16,18-19,37-38H,2-4,8-9,17,20H2,1H3,(H,36,39,40). The Bertz CT molecular complexity index is 2100. The minimum atomic E-state index is -3.41. The SMILES string of the molecule is CS(=O)(=O)NCc1cc(F)cc(-c2cccc3[nH]c(-c4n[nH]c5ncc(-c6cncc(CN7CCCCC7)c6)cc45)cc23)c1. The molecule has 1 aliphatic heterocycles. The number of aromatic nitrogens is 5. The molecule has 2 aromatic carbocycles. The highest BCUT2D eigenvalue weighted by Gasteiger charge is 2.17. The summed E-state index contributed by atoms with van der Waals surface area (Å²) in [5, 5.41) is 9.42. The molecule has 6 aromatic rings. The number of halogens is 1. The number of aromatic amines is 2. The van der Waals surface area contributed by atoms with Gasteiger partial charge in [-0.25, -0.2) is 22.5 Å². The molecular formula is C33H32FN7O2S. The summed E-state index contributed by atoms with van der Waals surface area (Å²) in [5.41, 5.74) is 8.22. The van der Waals surface area contributed by atoms with Crippen LogP contribution in [0.5, 0.6) is 0 Å². The predicted octanol–water partition coefficient (Wildman–Crippen LogP) is 6.01. The summed E-state index contributed by atoms with van der Waals surface area (Å²) in [6.45, 7) is 3.15. The molecule has 0 spiro atoms. The Balaban J connectivity index is 1.23. The zero-order valence-electron chi connectivity index (χ0n) is 24.3.